The zero-order valence-electron chi connectivity index (χ0n) is 10.2. The summed E-state index contributed by atoms with van der Waals surface area (Å²) in [5.74, 6) is 0.317. The number of nitrogens with zero attached hydrogens (tertiary/aromatic N) is 1. The summed E-state index contributed by atoms with van der Waals surface area (Å²) in [5.41, 5.74) is 8.94. The molecular formula is C15H13N3O. The largest absolute Gasteiger partial charge is 0.385 e. The third-order valence-corrected chi connectivity index (χ3v) is 3.15. The summed E-state index contributed by atoms with van der Waals surface area (Å²) < 4.78 is 0. The van der Waals surface area contributed by atoms with Crippen molar-refractivity contribution in [2.24, 2.45) is 10.7 Å². The number of nitrogens with one attached hydrogen (secondary N) is 1. The van der Waals surface area contributed by atoms with Gasteiger partial charge in [0, 0.05) is 0 Å². The molecule has 19 heavy (non-hydrogen) atoms. The maximum Gasteiger partial charge on any atom is 0.343 e. The number of hydrogen-bond acceptors (Lipinski definition) is 2. The highest BCUT2D eigenvalue weighted by Crippen LogP contribution is 2.23. The standard InChI is InChI=1S/C15H13N3O/c16-14-13(17-15(19)18-14)12-8-6-11(7-9-12)10-4-2-1-3-5-10/h1-9,13H,(H3,16,17,18,19). The Hall–Kier alpha value is -2.62. The van der Waals surface area contributed by atoms with Crippen LogP contribution >= 0.6 is 0 Å². The number of aliphatic imine (C=N–C) groups is 1. The first kappa shape index (κ1) is 11.5. The fourth-order valence-electron chi connectivity index (χ4n) is 2.16. The molecule has 0 radical (unpaired) electrons. The number of carbonyl (C=O) groups is 1. The molecule has 1 unspecified atom stereocenters. The normalized spacial score (nSPS) is 18.0. The molecule has 3 rings (SSSR count). The Kier molecular flexibility index (Phi) is 2.76. The maximum absolute atomic E-state index is 11.1. The lowest BCUT2D eigenvalue weighted by atomic mass is 10.0. The van der Waals surface area contributed by atoms with E-state index < -0.39 is 0 Å². The second kappa shape index (κ2) is 4.57. The molecule has 0 saturated heterocycles. The van der Waals surface area contributed by atoms with E-state index in [9.17, 15) is 4.79 Å². The molecule has 1 aliphatic rings. The van der Waals surface area contributed by atoms with Gasteiger partial charge in [0.15, 0.2) is 0 Å². The van der Waals surface area contributed by atoms with E-state index in [2.05, 4.69) is 22.4 Å². The van der Waals surface area contributed by atoms with Crippen LogP contribution < -0.4 is 11.1 Å². The quantitative estimate of drug-likeness (QED) is 0.861. The lowest BCUT2D eigenvalue weighted by Crippen LogP contribution is -2.27. The third-order valence-electron chi connectivity index (χ3n) is 3.15. The highest BCUT2D eigenvalue weighted by molar-refractivity contribution is 6.03. The van der Waals surface area contributed by atoms with Crippen molar-refractivity contribution in [2.75, 3.05) is 0 Å². The molecule has 0 fully saturated rings. The minimum absolute atomic E-state index is 0.308. The molecule has 4 heteroatoms. The fourth-order valence-corrected chi connectivity index (χ4v) is 2.16. The Morgan fingerprint density at radius 2 is 1.58 bits per heavy atom. The SMILES string of the molecule is NC1=NC(=O)NC1c1ccc(-c2ccccc2)cc1. The number of rotatable bonds is 2. The molecule has 1 aliphatic heterocycles. The van der Waals surface area contributed by atoms with Gasteiger partial charge in [0.25, 0.3) is 0 Å². The van der Waals surface area contributed by atoms with Crippen molar-refractivity contribution in [3.63, 3.8) is 0 Å². The molecule has 94 valence electrons. The topological polar surface area (TPSA) is 67.5 Å². The van der Waals surface area contributed by atoms with Gasteiger partial charge in [-0.2, -0.15) is 4.99 Å². The zero-order chi connectivity index (χ0) is 13.2. The highest BCUT2D eigenvalue weighted by Gasteiger charge is 2.24. The van der Waals surface area contributed by atoms with Crippen molar-refractivity contribution in [1.29, 1.82) is 0 Å². The summed E-state index contributed by atoms with van der Waals surface area (Å²) >= 11 is 0. The van der Waals surface area contributed by atoms with E-state index in [-0.39, 0.29) is 12.1 Å². The van der Waals surface area contributed by atoms with Crippen LogP contribution in [-0.2, 0) is 0 Å². The first-order chi connectivity index (χ1) is 9.24. The van der Waals surface area contributed by atoms with Gasteiger partial charge in [-0.1, -0.05) is 54.6 Å². The van der Waals surface area contributed by atoms with E-state index in [1.807, 2.05) is 42.5 Å². The van der Waals surface area contributed by atoms with E-state index >= 15 is 0 Å². The van der Waals surface area contributed by atoms with Gasteiger partial charge in [-0.15, -0.1) is 0 Å². The zero-order valence-corrected chi connectivity index (χ0v) is 10.2. The number of amides is 2. The molecule has 4 nitrogen and oxygen atoms in total. The van der Waals surface area contributed by atoms with Gasteiger partial charge in [-0.25, -0.2) is 4.79 Å². The first-order valence-corrected chi connectivity index (χ1v) is 6.04. The van der Waals surface area contributed by atoms with Crippen LogP contribution in [0.1, 0.15) is 11.6 Å². The van der Waals surface area contributed by atoms with Gasteiger partial charge in [-0.05, 0) is 16.7 Å². The molecule has 1 heterocycles. The molecule has 0 aromatic heterocycles. The lowest BCUT2D eigenvalue weighted by Gasteiger charge is -2.11. The Balaban J connectivity index is 1.88. The number of hydrogen-bond donors (Lipinski definition) is 2. The van der Waals surface area contributed by atoms with Crippen LogP contribution in [-0.4, -0.2) is 11.9 Å². The summed E-state index contributed by atoms with van der Waals surface area (Å²) in [7, 11) is 0. The molecule has 2 aromatic carbocycles. The molecule has 2 amide bonds. The van der Waals surface area contributed by atoms with Gasteiger partial charge < -0.3 is 11.1 Å². The smallest absolute Gasteiger partial charge is 0.343 e. The van der Waals surface area contributed by atoms with Crippen molar-refractivity contribution in [1.82, 2.24) is 5.32 Å². The molecule has 2 aromatic rings. The van der Waals surface area contributed by atoms with Gasteiger partial charge in [0.2, 0.25) is 0 Å². The van der Waals surface area contributed by atoms with Crippen molar-refractivity contribution < 1.29 is 4.79 Å². The van der Waals surface area contributed by atoms with Gasteiger partial charge in [-0.3, -0.25) is 0 Å². The minimum Gasteiger partial charge on any atom is -0.385 e. The Morgan fingerprint density at radius 1 is 0.947 bits per heavy atom. The predicted octanol–water partition coefficient (Wildman–Crippen LogP) is 2.48. The molecule has 1 atom stereocenters. The summed E-state index contributed by atoms with van der Waals surface area (Å²) in [5, 5.41) is 2.71. The summed E-state index contributed by atoms with van der Waals surface area (Å²) in [6.07, 6.45) is 0. The minimum atomic E-state index is -0.380. The maximum atomic E-state index is 11.1. The molecule has 0 aliphatic carbocycles. The number of amidine groups is 1. The number of nitrogens with two attached hydrogens (primary N) is 1. The fraction of sp³-hybridized carbons (Fsp3) is 0.0667. The average Bonchev–Trinajstić information content (AvgIpc) is 2.79. The molecule has 3 N–H and O–H groups in total. The van der Waals surface area contributed by atoms with Crippen molar-refractivity contribution in [3.8, 4) is 11.1 Å². The van der Waals surface area contributed by atoms with E-state index in [4.69, 9.17) is 5.73 Å². The summed E-state index contributed by atoms with van der Waals surface area (Å²) in [4.78, 5) is 14.8. The van der Waals surface area contributed by atoms with Crippen molar-refractivity contribution in [3.05, 3.63) is 60.2 Å². The van der Waals surface area contributed by atoms with Crippen LogP contribution in [0.25, 0.3) is 11.1 Å². The van der Waals surface area contributed by atoms with Gasteiger partial charge >= 0.3 is 6.03 Å². The van der Waals surface area contributed by atoms with Gasteiger partial charge in [0.1, 0.15) is 11.9 Å². The first-order valence-electron chi connectivity index (χ1n) is 6.04. The number of carbonyl (C=O) groups excluding carboxylic acids is 1. The van der Waals surface area contributed by atoms with Crippen LogP contribution in [0.4, 0.5) is 4.79 Å². The van der Waals surface area contributed by atoms with E-state index in [0.717, 1.165) is 16.7 Å². The van der Waals surface area contributed by atoms with Crippen LogP contribution in [0.15, 0.2) is 59.6 Å². The average molecular weight is 251 g/mol. The van der Waals surface area contributed by atoms with Gasteiger partial charge in [0.05, 0.1) is 0 Å². The molecule has 0 bridgehead atoms. The molecular weight excluding hydrogens is 238 g/mol. The third kappa shape index (κ3) is 2.20. The summed E-state index contributed by atoms with van der Waals surface area (Å²) in [6.45, 7) is 0. The second-order valence-corrected chi connectivity index (χ2v) is 4.41. The molecule has 0 saturated carbocycles. The van der Waals surface area contributed by atoms with Crippen molar-refractivity contribution in [2.45, 2.75) is 6.04 Å². The predicted molar refractivity (Wildman–Crippen MR) is 74.8 cm³/mol. The Morgan fingerprint density at radius 3 is 2.16 bits per heavy atom. The van der Waals surface area contributed by atoms with E-state index in [1.165, 1.54) is 0 Å². The van der Waals surface area contributed by atoms with Crippen LogP contribution in [0.5, 0.6) is 0 Å². The van der Waals surface area contributed by atoms with Crippen LogP contribution in [0.3, 0.4) is 0 Å². The molecule has 0 spiro atoms. The van der Waals surface area contributed by atoms with E-state index in [0.29, 0.717) is 5.84 Å². The second-order valence-electron chi connectivity index (χ2n) is 4.41. The highest BCUT2D eigenvalue weighted by atomic mass is 16.2. The Labute approximate surface area is 111 Å². The monoisotopic (exact) mass is 251 g/mol. The lowest BCUT2D eigenvalue weighted by molar-refractivity contribution is 0.250. The van der Waals surface area contributed by atoms with E-state index in [1.54, 1.807) is 0 Å². The number of urea groups is 1. The summed E-state index contributed by atoms with van der Waals surface area (Å²) in [6, 6.07) is 17.4. The van der Waals surface area contributed by atoms with Crippen LogP contribution in [0.2, 0.25) is 0 Å². The van der Waals surface area contributed by atoms with Crippen molar-refractivity contribution >= 4 is 11.9 Å². The van der Waals surface area contributed by atoms with Crippen LogP contribution in [0, 0.1) is 0 Å². The Bertz CT molecular complexity index is 632. The number of benzene rings is 2.